The first kappa shape index (κ1) is 12.1. The molecule has 1 aromatic carbocycles. The highest BCUT2D eigenvalue weighted by Gasteiger charge is 2.29. The highest BCUT2D eigenvalue weighted by Crippen LogP contribution is 2.30. The van der Waals surface area contributed by atoms with Crippen molar-refractivity contribution in [2.24, 2.45) is 5.84 Å². The summed E-state index contributed by atoms with van der Waals surface area (Å²) in [5, 5.41) is 0.982. The Balaban J connectivity index is 2.24. The maximum Gasteiger partial charge on any atom is 0.280 e. The van der Waals surface area contributed by atoms with Crippen LogP contribution in [0.5, 0.6) is 5.75 Å². The van der Waals surface area contributed by atoms with Crippen molar-refractivity contribution in [3.63, 3.8) is 0 Å². The molecule has 0 aliphatic carbocycles. The Morgan fingerprint density at radius 1 is 1.41 bits per heavy atom. The van der Waals surface area contributed by atoms with E-state index in [1.807, 2.05) is 24.3 Å². The highest BCUT2D eigenvalue weighted by molar-refractivity contribution is 8.26. The van der Waals surface area contributed by atoms with Gasteiger partial charge in [0.2, 0.25) is 0 Å². The van der Waals surface area contributed by atoms with Crippen LogP contribution in [0.1, 0.15) is 5.56 Å². The van der Waals surface area contributed by atoms with Crippen molar-refractivity contribution >= 4 is 40.3 Å². The average Bonchev–Trinajstić information content (AvgIpc) is 2.58. The van der Waals surface area contributed by atoms with Crippen LogP contribution in [0.25, 0.3) is 6.08 Å². The van der Waals surface area contributed by atoms with Crippen LogP contribution in [0, 0.1) is 0 Å². The van der Waals surface area contributed by atoms with Crippen LogP contribution in [0.15, 0.2) is 29.2 Å². The third-order valence-corrected chi connectivity index (χ3v) is 3.57. The molecular formula is C11H10N2O2S2. The van der Waals surface area contributed by atoms with Crippen molar-refractivity contribution in [2.45, 2.75) is 0 Å². The van der Waals surface area contributed by atoms with Crippen molar-refractivity contribution < 1.29 is 9.53 Å². The topological polar surface area (TPSA) is 55.6 Å². The van der Waals surface area contributed by atoms with Crippen molar-refractivity contribution in [1.82, 2.24) is 5.01 Å². The number of carbonyl (C=O) groups excluding carboxylic acids is 1. The minimum atomic E-state index is -0.268. The summed E-state index contributed by atoms with van der Waals surface area (Å²) >= 11 is 6.13. The molecule has 0 bridgehead atoms. The molecule has 1 heterocycles. The second-order valence-electron chi connectivity index (χ2n) is 3.32. The lowest BCUT2D eigenvalue weighted by molar-refractivity contribution is -0.122. The van der Waals surface area contributed by atoms with Crippen molar-refractivity contribution in [3.05, 3.63) is 34.7 Å². The van der Waals surface area contributed by atoms with Crippen LogP contribution in [-0.4, -0.2) is 22.3 Å². The van der Waals surface area contributed by atoms with E-state index in [1.54, 1.807) is 13.2 Å². The molecule has 17 heavy (non-hydrogen) atoms. The molecule has 0 unspecified atom stereocenters. The lowest BCUT2D eigenvalue weighted by atomic mass is 10.2. The maximum atomic E-state index is 11.6. The van der Waals surface area contributed by atoms with Crippen LogP contribution < -0.4 is 10.6 Å². The fourth-order valence-electron chi connectivity index (χ4n) is 1.33. The number of amides is 1. The van der Waals surface area contributed by atoms with E-state index in [0.717, 1.165) is 16.3 Å². The monoisotopic (exact) mass is 266 g/mol. The molecule has 1 amide bonds. The van der Waals surface area contributed by atoms with Gasteiger partial charge in [-0.2, -0.15) is 0 Å². The van der Waals surface area contributed by atoms with Crippen LogP contribution in [0.4, 0.5) is 0 Å². The number of hydrogen-bond donors (Lipinski definition) is 1. The second-order valence-corrected chi connectivity index (χ2v) is 5.00. The number of nitrogens with zero attached hydrogens (tertiary/aromatic N) is 1. The summed E-state index contributed by atoms with van der Waals surface area (Å²) in [6.45, 7) is 0. The Bertz CT molecular complexity index is 497. The number of thiocarbonyl (C=S) groups is 1. The number of ether oxygens (including phenoxy) is 1. The number of nitrogens with two attached hydrogens (primary N) is 1. The minimum Gasteiger partial charge on any atom is -0.497 e. The number of hydrogen-bond acceptors (Lipinski definition) is 5. The van der Waals surface area contributed by atoms with Crippen LogP contribution in [0.3, 0.4) is 0 Å². The maximum absolute atomic E-state index is 11.6. The highest BCUT2D eigenvalue weighted by atomic mass is 32.2. The summed E-state index contributed by atoms with van der Waals surface area (Å²) in [7, 11) is 1.61. The predicted molar refractivity (Wildman–Crippen MR) is 72.2 cm³/mol. The van der Waals surface area contributed by atoms with E-state index < -0.39 is 0 Å². The average molecular weight is 266 g/mol. The zero-order chi connectivity index (χ0) is 12.4. The van der Waals surface area contributed by atoms with Gasteiger partial charge in [0.25, 0.3) is 5.91 Å². The molecule has 6 heteroatoms. The Morgan fingerprint density at radius 3 is 2.53 bits per heavy atom. The van der Waals surface area contributed by atoms with Crippen LogP contribution in [-0.2, 0) is 4.79 Å². The van der Waals surface area contributed by atoms with Gasteiger partial charge in [-0.3, -0.25) is 4.79 Å². The predicted octanol–water partition coefficient (Wildman–Crippen LogP) is 1.77. The molecule has 0 atom stereocenters. The lowest BCUT2D eigenvalue weighted by Crippen LogP contribution is -2.34. The van der Waals surface area contributed by atoms with Gasteiger partial charge in [0.05, 0.1) is 12.0 Å². The van der Waals surface area contributed by atoms with E-state index in [-0.39, 0.29) is 5.91 Å². The smallest absolute Gasteiger partial charge is 0.280 e. The molecule has 1 saturated heterocycles. The fourth-order valence-corrected chi connectivity index (χ4v) is 2.43. The summed E-state index contributed by atoms with van der Waals surface area (Å²) in [6, 6.07) is 7.38. The Hall–Kier alpha value is -1.37. The van der Waals surface area contributed by atoms with Gasteiger partial charge in [-0.05, 0) is 23.8 Å². The molecule has 2 N–H and O–H groups in total. The van der Waals surface area contributed by atoms with Crippen LogP contribution >= 0.6 is 24.0 Å². The molecule has 0 spiro atoms. The summed E-state index contributed by atoms with van der Waals surface area (Å²) < 4.78 is 5.42. The first-order valence-electron chi connectivity index (χ1n) is 4.78. The van der Waals surface area contributed by atoms with E-state index in [9.17, 15) is 4.79 Å². The standard InChI is InChI=1S/C11H10N2O2S2/c1-15-8-4-2-7(3-5-8)6-9-10(14)13(12)11(16)17-9/h2-6H,12H2,1H3/b9-6-. The van der Waals surface area contributed by atoms with E-state index >= 15 is 0 Å². The zero-order valence-corrected chi connectivity index (χ0v) is 10.7. The molecule has 0 aromatic heterocycles. The Kier molecular flexibility index (Phi) is 3.46. The molecule has 2 rings (SSSR count). The van der Waals surface area contributed by atoms with Gasteiger partial charge in [0.1, 0.15) is 5.75 Å². The second kappa shape index (κ2) is 4.87. The van der Waals surface area contributed by atoms with Gasteiger partial charge in [0, 0.05) is 0 Å². The normalized spacial score (nSPS) is 18.0. The molecule has 1 fully saturated rings. The molecule has 1 aliphatic rings. The quantitative estimate of drug-likeness (QED) is 0.383. The Labute approximate surface area is 108 Å². The van der Waals surface area contributed by atoms with Gasteiger partial charge >= 0.3 is 0 Å². The molecule has 0 radical (unpaired) electrons. The SMILES string of the molecule is COc1ccc(/C=C2\SC(=S)N(N)C2=O)cc1. The largest absolute Gasteiger partial charge is 0.497 e. The van der Waals surface area contributed by atoms with Gasteiger partial charge in [0.15, 0.2) is 4.32 Å². The fraction of sp³-hybridized carbons (Fsp3) is 0.0909. The number of thioether (sulfide) groups is 1. The van der Waals surface area contributed by atoms with Gasteiger partial charge in [-0.25, -0.2) is 10.9 Å². The molecule has 0 saturated carbocycles. The molecule has 4 nitrogen and oxygen atoms in total. The number of carbonyl (C=O) groups is 1. The molecule has 1 aliphatic heterocycles. The Morgan fingerprint density at radius 2 is 2.06 bits per heavy atom. The first-order valence-corrected chi connectivity index (χ1v) is 6.01. The van der Waals surface area contributed by atoms with Crippen molar-refractivity contribution in [3.8, 4) is 5.75 Å². The third-order valence-electron chi connectivity index (χ3n) is 2.24. The minimum absolute atomic E-state index is 0.268. The van der Waals surface area contributed by atoms with Gasteiger partial charge < -0.3 is 4.74 Å². The number of benzene rings is 1. The van der Waals surface area contributed by atoms with E-state index in [1.165, 1.54) is 11.8 Å². The van der Waals surface area contributed by atoms with Crippen molar-refractivity contribution in [1.29, 1.82) is 0 Å². The summed E-state index contributed by atoms with van der Waals surface area (Å²) in [4.78, 5) is 12.2. The summed E-state index contributed by atoms with van der Waals surface area (Å²) in [5.74, 6) is 5.98. The van der Waals surface area contributed by atoms with E-state index in [0.29, 0.717) is 9.23 Å². The third kappa shape index (κ3) is 2.49. The number of methoxy groups -OCH3 is 1. The number of hydrazine groups is 1. The number of rotatable bonds is 2. The first-order chi connectivity index (χ1) is 8.11. The van der Waals surface area contributed by atoms with Gasteiger partial charge in [-0.15, -0.1) is 0 Å². The summed E-state index contributed by atoms with van der Waals surface area (Å²) in [5.41, 5.74) is 0.903. The molecule has 88 valence electrons. The summed E-state index contributed by atoms with van der Waals surface area (Å²) in [6.07, 6.45) is 1.76. The van der Waals surface area contributed by atoms with Crippen LogP contribution in [0.2, 0.25) is 0 Å². The molecule has 1 aromatic rings. The zero-order valence-electron chi connectivity index (χ0n) is 9.04. The van der Waals surface area contributed by atoms with Crippen molar-refractivity contribution in [2.75, 3.05) is 7.11 Å². The lowest BCUT2D eigenvalue weighted by Gasteiger charge is -2.03. The van der Waals surface area contributed by atoms with E-state index in [4.69, 9.17) is 22.8 Å². The van der Waals surface area contributed by atoms with Gasteiger partial charge in [-0.1, -0.05) is 36.1 Å². The molecular weight excluding hydrogens is 256 g/mol. The van der Waals surface area contributed by atoms with E-state index in [2.05, 4.69) is 0 Å².